The molecule has 0 saturated heterocycles. The molecule has 1 unspecified atom stereocenters. The van der Waals surface area contributed by atoms with Gasteiger partial charge in [-0.3, -0.25) is 4.79 Å². The van der Waals surface area contributed by atoms with Crippen molar-refractivity contribution in [3.05, 3.63) is 57.8 Å². The highest BCUT2D eigenvalue weighted by Gasteiger charge is 2.20. The molecule has 3 heteroatoms. The maximum atomic E-state index is 11.4. The van der Waals surface area contributed by atoms with Crippen LogP contribution in [0.3, 0.4) is 0 Å². The third kappa shape index (κ3) is 2.99. The molecule has 0 amide bonds. The van der Waals surface area contributed by atoms with Crippen molar-refractivity contribution in [3.8, 4) is 0 Å². The molecule has 0 saturated carbocycles. The van der Waals surface area contributed by atoms with Gasteiger partial charge in [-0.2, -0.15) is 0 Å². The average Bonchev–Trinajstić information content (AvgIpc) is 2.89. The molecule has 1 aromatic carbocycles. The number of aryl methyl sites for hydroxylation is 1. The largest absolute Gasteiger partial charge is 0.481 e. The highest BCUT2D eigenvalue weighted by Crippen LogP contribution is 2.24. The topological polar surface area (TPSA) is 37.3 Å². The fraction of sp³-hybridized carbons (Fsp3) is 0.267. The second kappa shape index (κ2) is 5.83. The quantitative estimate of drug-likeness (QED) is 0.889. The lowest BCUT2D eigenvalue weighted by Crippen LogP contribution is -2.13. The van der Waals surface area contributed by atoms with Crippen LogP contribution in [0.1, 0.15) is 28.8 Å². The second-order valence-corrected chi connectivity index (χ2v) is 5.30. The van der Waals surface area contributed by atoms with Crippen molar-refractivity contribution in [3.63, 3.8) is 0 Å². The van der Waals surface area contributed by atoms with Crippen molar-refractivity contribution in [2.24, 2.45) is 0 Å². The van der Waals surface area contributed by atoms with Gasteiger partial charge in [0, 0.05) is 4.88 Å². The number of hydrogen-bond donors (Lipinski definition) is 1. The first kappa shape index (κ1) is 12.8. The molecule has 2 rings (SSSR count). The van der Waals surface area contributed by atoms with Gasteiger partial charge in [0.15, 0.2) is 0 Å². The maximum absolute atomic E-state index is 11.4. The highest BCUT2D eigenvalue weighted by atomic mass is 32.1. The minimum absolute atomic E-state index is 0.449. The van der Waals surface area contributed by atoms with Crippen LogP contribution in [0.25, 0.3) is 0 Å². The number of carbonyl (C=O) groups is 1. The average molecular weight is 260 g/mol. The van der Waals surface area contributed by atoms with Crippen LogP contribution in [0.15, 0.2) is 41.8 Å². The Bertz CT molecular complexity index is 500. The number of rotatable bonds is 5. The summed E-state index contributed by atoms with van der Waals surface area (Å²) in [5, 5.41) is 11.3. The van der Waals surface area contributed by atoms with Gasteiger partial charge in [-0.25, -0.2) is 0 Å². The summed E-state index contributed by atoms with van der Waals surface area (Å²) in [6, 6.07) is 11.8. The molecule has 0 aliphatic heterocycles. The normalized spacial score (nSPS) is 12.3. The van der Waals surface area contributed by atoms with E-state index in [0.29, 0.717) is 6.42 Å². The van der Waals surface area contributed by atoms with Crippen molar-refractivity contribution in [1.29, 1.82) is 0 Å². The Kier molecular flexibility index (Phi) is 4.15. The molecule has 0 aliphatic carbocycles. The van der Waals surface area contributed by atoms with Crippen LogP contribution < -0.4 is 0 Å². The minimum Gasteiger partial charge on any atom is -0.481 e. The van der Waals surface area contributed by atoms with E-state index in [9.17, 15) is 9.90 Å². The van der Waals surface area contributed by atoms with Crippen LogP contribution >= 0.6 is 11.3 Å². The summed E-state index contributed by atoms with van der Waals surface area (Å²) in [6.07, 6.45) is 1.54. The molecule has 94 valence electrons. The molecule has 2 aromatic rings. The number of carboxylic acid groups (broad SMARTS) is 1. The predicted molar refractivity (Wildman–Crippen MR) is 74.2 cm³/mol. The number of aliphatic carboxylic acids is 1. The fourth-order valence-corrected chi connectivity index (χ4v) is 2.72. The number of benzene rings is 1. The minimum atomic E-state index is -0.757. The summed E-state index contributed by atoms with van der Waals surface area (Å²) in [7, 11) is 0. The molecular weight excluding hydrogens is 244 g/mol. The first-order valence-corrected chi connectivity index (χ1v) is 6.92. The van der Waals surface area contributed by atoms with Crippen LogP contribution in [0.2, 0.25) is 0 Å². The fourth-order valence-electron chi connectivity index (χ4n) is 1.96. The molecule has 0 radical (unpaired) electrons. The number of thiophene rings is 1. The van der Waals surface area contributed by atoms with Gasteiger partial charge in [0.2, 0.25) is 0 Å². The second-order valence-electron chi connectivity index (χ2n) is 4.27. The lowest BCUT2D eigenvalue weighted by atomic mass is 9.94. The van der Waals surface area contributed by atoms with E-state index in [0.717, 1.165) is 16.9 Å². The van der Waals surface area contributed by atoms with Gasteiger partial charge >= 0.3 is 5.97 Å². The third-order valence-corrected chi connectivity index (χ3v) is 3.97. The smallest absolute Gasteiger partial charge is 0.311 e. The molecule has 2 nitrogen and oxygen atoms in total. The van der Waals surface area contributed by atoms with Gasteiger partial charge in [0.05, 0.1) is 5.92 Å². The van der Waals surface area contributed by atoms with E-state index in [4.69, 9.17) is 0 Å². The molecule has 18 heavy (non-hydrogen) atoms. The Morgan fingerprint density at radius 3 is 2.50 bits per heavy atom. The molecule has 1 aromatic heterocycles. The highest BCUT2D eigenvalue weighted by molar-refractivity contribution is 7.09. The summed E-state index contributed by atoms with van der Waals surface area (Å²) in [4.78, 5) is 12.5. The van der Waals surface area contributed by atoms with E-state index in [1.165, 1.54) is 5.56 Å². The van der Waals surface area contributed by atoms with Crippen molar-refractivity contribution in [2.75, 3.05) is 0 Å². The lowest BCUT2D eigenvalue weighted by molar-refractivity contribution is -0.138. The Balaban J connectivity index is 2.21. The zero-order valence-electron chi connectivity index (χ0n) is 10.3. The molecule has 0 spiro atoms. The standard InChI is InChI=1S/C15H16O2S/c1-2-11-5-7-12(8-6-11)14(15(16)17)10-13-4-3-9-18-13/h3-9,14H,2,10H2,1H3,(H,16,17). The summed E-state index contributed by atoms with van der Waals surface area (Å²) in [5.41, 5.74) is 2.12. The van der Waals surface area contributed by atoms with Crippen molar-refractivity contribution < 1.29 is 9.90 Å². The van der Waals surface area contributed by atoms with E-state index in [1.807, 2.05) is 41.8 Å². The Morgan fingerprint density at radius 1 is 1.28 bits per heavy atom. The van der Waals surface area contributed by atoms with E-state index < -0.39 is 11.9 Å². The SMILES string of the molecule is CCc1ccc(C(Cc2cccs2)C(=O)O)cc1. The molecular formula is C15H16O2S. The maximum Gasteiger partial charge on any atom is 0.311 e. The van der Waals surface area contributed by atoms with Crippen molar-refractivity contribution in [2.45, 2.75) is 25.7 Å². The molecule has 0 fully saturated rings. The molecule has 1 heterocycles. The molecule has 0 aliphatic rings. The van der Waals surface area contributed by atoms with Gasteiger partial charge in [-0.05, 0) is 35.4 Å². The Labute approximate surface area is 111 Å². The van der Waals surface area contributed by atoms with Crippen LogP contribution in [-0.4, -0.2) is 11.1 Å². The van der Waals surface area contributed by atoms with Crippen LogP contribution in [0.4, 0.5) is 0 Å². The van der Waals surface area contributed by atoms with Gasteiger partial charge in [0.1, 0.15) is 0 Å². The van der Waals surface area contributed by atoms with Gasteiger partial charge in [-0.15, -0.1) is 11.3 Å². The Hall–Kier alpha value is -1.61. The van der Waals surface area contributed by atoms with Gasteiger partial charge in [-0.1, -0.05) is 37.3 Å². The molecule has 1 N–H and O–H groups in total. The number of hydrogen-bond acceptors (Lipinski definition) is 2. The summed E-state index contributed by atoms with van der Waals surface area (Å²) >= 11 is 1.61. The first-order chi connectivity index (χ1) is 8.70. The molecule has 1 atom stereocenters. The first-order valence-electron chi connectivity index (χ1n) is 6.04. The third-order valence-electron chi connectivity index (χ3n) is 3.07. The summed E-state index contributed by atoms with van der Waals surface area (Å²) in [6.45, 7) is 2.09. The zero-order chi connectivity index (χ0) is 13.0. The summed E-state index contributed by atoms with van der Waals surface area (Å²) < 4.78 is 0. The predicted octanol–water partition coefficient (Wildman–Crippen LogP) is 3.72. The Morgan fingerprint density at radius 2 is 2.00 bits per heavy atom. The van der Waals surface area contributed by atoms with Crippen LogP contribution in [-0.2, 0) is 17.6 Å². The van der Waals surface area contributed by atoms with E-state index in [-0.39, 0.29) is 0 Å². The van der Waals surface area contributed by atoms with E-state index in [1.54, 1.807) is 11.3 Å². The van der Waals surface area contributed by atoms with Crippen LogP contribution in [0.5, 0.6) is 0 Å². The summed E-state index contributed by atoms with van der Waals surface area (Å²) in [5.74, 6) is -1.21. The van der Waals surface area contributed by atoms with Gasteiger partial charge < -0.3 is 5.11 Å². The van der Waals surface area contributed by atoms with Crippen LogP contribution in [0, 0.1) is 0 Å². The number of carboxylic acids is 1. The van der Waals surface area contributed by atoms with Gasteiger partial charge in [0.25, 0.3) is 0 Å². The lowest BCUT2D eigenvalue weighted by Gasteiger charge is -2.12. The van der Waals surface area contributed by atoms with E-state index in [2.05, 4.69) is 6.92 Å². The van der Waals surface area contributed by atoms with Crippen molar-refractivity contribution in [1.82, 2.24) is 0 Å². The van der Waals surface area contributed by atoms with E-state index >= 15 is 0 Å². The van der Waals surface area contributed by atoms with Crippen molar-refractivity contribution >= 4 is 17.3 Å². The monoisotopic (exact) mass is 260 g/mol. The molecule has 0 bridgehead atoms. The zero-order valence-corrected chi connectivity index (χ0v) is 11.1.